The van der Waals surface area contributed by atoms with Gasteiger partial charge in [0.25, 0.3) is 0 Å². The Morgan fingerprint density at radius 2 is 0.882 bits per heavy atom. The Hall–Kier alpha value is -1.36. The molecule has 6 atom stereocenters. The van der Waals surface area contributed by atoms with Crippen molar-refractivity contribution in [1.82, 2.24) is 0 Å². The summed E-state index contributed by atoms with van der Waals surface area (Å²) in [5, 5.41) is 0. The number of rotatable bonds is 17. The van der Waals surface area contributed by atoms with E-state index in [1.165, 1.54) is 6.42 Å². The van der Waals surface area contributed by atoms with Crippen molar-refractivity contribution in [2.75, 3.05) is 26.4 Å². The lowest BCUT2D eigenvalue weighted by Gasteiger charge is -2.26. The van der Waals surface area contributed by atoms with Crippen molar-refractivity contribution in [3.05, 3.63) is 50.6 Å². The smallest absolute Gasteiger partial charge is 0.169 e. The molecule has 0 aliphatic carbocycles. The Labute approximate surface area is 313 Å². The van der Waals surface area contributed by atoms with E-state index in [0.29, 0.717) is 32.3 Å². The summed E-state index contributed by atoms with van der Waals surface area (Å²) in [4.78, 5) is 0. The van der Waals surface area contributed by atoms with Crippen LogP contribution in [0.3, 0.4) is 0 Å². The lowest BCUT2D eigenvalue weighted by molar-refractivity contribution is -0.173. The average Bonchev–Trinajstić information content (AvgIpc) is 3.91. The number of ether oxygens (including phenoxy) is 8. The van der Waals surface area contributed by atoms with Crippen LogP contribution in [-0.4, -0.2) is 74.0 Å². The zero-order valence-corrected chi connectivity index (χ0v) is 34.5. The number of hydrogen-bond acceptors (Lipinski definition) is 8. The molecule has 0 N–H and O–H groups in total. The maximum atomic E-state index is 5.84. The predicted molar refractivity (Wildman–Crippen MR) is 210 cm³/mol. The Kier molecular flexibility index (Phi) is 22.5. The van der Waals surface area contributed by atoms with Gasteiger partial charge in [-0.25, -0.2) is 0 Å². The molecule has 0 aromatic rings. The molecule has 0 amide bonds. The lowest BCUT2D eigenvalue weighted by atomic mass is 10.0. The van der Waals surface area contributed by atoms with Gasteiger partial charge in [0.05, 0.1) is 26.4 Å². The second-order valence-corrected chi connectivity index (χ2v) is 15.3. The van der Waals surface area contributed by atoms with Crippen molar-refractivity contribution < 1.29 is 37.9 Å². The molecule has 0 aromatic heterocycles. The molecule has 51 heavy (non-hydrogen) atoms. The van der Waals surface area contributed by atoms with E-state index in [2.05, 4.69) is 81.7 Å². The van der Waals surface area contributed by atoms with Crippen LogP contribution in [0.15, 0.2) is 50.6 Å². The van der Waals surface area contributed by atoms with Gasteiger partial charge in [0, 0.05) is 25.7 Å². The van der Waals surface area contributed by atoms with Crippen molar-refractivity contribution in [2.45, 2.75) is 187 Å². The van der Waals surface area contributed by atoms with Gasteiger partial charge in [-0.15, -0.1) is 26.3 Å². The highest BCUT2D eigenvalue weighted by molar-refractivity contribution is 4.90. The summed E-state index contributed by atoms with van der Waals surface area (Å²) < 4.78 is 45.5. The highest BCUT2D eigenvalue weighted by Gasteiger charge is 2.39. The van der Waals surface area contributed by atoms with Gasteiger partial charge in [-0.05, 0) is 51.4 Å². The van der Waals surface area contributed by atoms with Crippen LogP contribution in [-0.2, 0) is 37.9 Å². The molecule has 8 nitrogen and oxygen atoms in total. The first-order valence-corrected chi connectivity index (χ1v) is 19.9. The van der Waals surface area contributed by atoms with Crippen LogP contribution in [0.4, 0.5) is 0 Å². The van der Waals surface area contributed by atoms with Gasteiger partial charge < -0.3 is 37.9 Å². The van der Waals surface area contributed by atoms with E-state index in [9.17, 15) is 0 Å². The molecule has 4 rings (SSSR count). The van der Waals surface area contributed by atoms with E-state index in [-0.39, 0.29) is 47.6 Å². The quantitative estimate of drug-likeness (QED) is 0.137. The van der Waals surface area contributed by atoms with E-state index in [1.54, 1.807) is 12.2 Å². The van der Waals surface area contributed by atoms with Crippen molar-refractivity contribution in [1.29, 1.82) is 0 Å². The molecule has 0 aromatic carbocycles. The summed E-state index contributed by atoms with van der Waals surface area (Å²) >= 11 is 0. The van der Waals surface area contributed by atoms with Crippen LogP contribution in [0.25, 0.3) is 0 Å². The van der Waals surface area contributed by atoms with E-state index in [4.69, 9.17) is 37.9 Å². The molecule has 4 aliphatic heterocycles. The lowest BCUT2D eigenvalue weighted by Crippen LogP contribution is -2.30. The van der Waals surface area contributed by atoms with Gasteiger partial charge in [0.2, 0.25) is 0 Å². The maximum absolute atomic E-state index is 5.84. The van der Waals surface area contributed by atoms with Crippen molar-refractivity contribution in [2.24, 2.45) is 11.8 Å². The SMILES string of the molecule is C=CC1COC(C)(CCC(C)C)O1.C=CC1COC(C)(CCCC(C)C)O1.C=CC1COC(CC)(CC)O1.C=CC1COC(CCC)(CCC)O1. The van der Waals surface area contributed by atoms with E-state index in [1.807, 2.05) is 26.0 Å². The molecule has 0 radical (unpaired) electrons. The average molecular weight is 723 g/mol. The van der Waals surface area contributed by atoms with E-state index in [0.717, 1.165) is 70.1 Å². The molecule has 0 bridgehead atoms. The minimum Gasteiger partial charge on any atom is -0.347 e. The van der Waals surface area contributed by atoms with Crippen molar-refractivity contribution in [3.8, 4) is 0 Å². The highest BCUT2D eigenvalue weighted by Crippen LogP contribution is 2.34. The zero-order chi connectivity index (χ0) is 38.6. The largest absolute Gasteiger partial charge is 0.347 e. The molecule has 6 unspecified atom stereocenters. The molecule has 4 saturated heterocycles. The molecular formula is C43H78O8. The number of hydrogen-bond donors (Lipinski definition) is 0. The highest BCUT2D eigenvalue weighted by atomic mass is 16.8. The van der Waals surface area contributed by atoms with E-state index < -0.39 is 0 Å². The Morgan fingerprint density at radius 3 is 1.22 bits per heavy atom. The summed E-state index contributed by atoms with van der Waals surface area (Å²) in [7, 11) is 0. The molecule has 0 saturated carbocycles. The normalized spacial score (nSPS) is 30.4. The third kappa shape index (κ3) is 17.6. The van der Waals surface area contributed by atoms with E-state index >= 15 is 0 Å². The first-order chi connectivity index (χ1) is 24.1. The Bertz CT molecular complexity index is 971. The fourth-order valence-corrected chi connectivity index (χ4v) is 6.33. The molecule has 4 fully saturated rings. The van der Waals surface area contributed by atoms with Gasteiger partial charge in [-0.3, -0.25) is 0 Å². The van der Waals surface area contributed by atoms with Gasteiger partial charge in [-0.2, -0.15) is 0 Å². The van der Waals surface area contributed by atoms with Gasteiger partial charge in [-0.1, -0.05) is 99.0 Å². The molecule has 4 heterocycles. The minimum absolute atomic E-state index is 0.0807. The summed E-state index contributed by atoms with van der Waals surface area (Å²) in [5.41, 5.74) is 0. The third-order valence-electron chi connectivity index (χ3n) is 9.64. The Balaban J connectivity index is 0.000000341. The minimum atomic E-state index is -0.372. The summed E-state index contributed by atoms with van der Waals surface area (Å²) in [6.07, 6.45) is 19.1. The first kappa shape index (κ1) is 47.7. The monoisotopic (exact) mass is 723 g/mol. The standard InChI is InChI=1S/C12H22O2.2C11H20O2.C9H16O2/c1-5-11-9-13-12(4,14-11)8-6-7-10(2)3;1-5-10-8-12-11(4,13-10)7-6-9(2)3;1-4-7-11(8-5-2)12-9-10(6-3)13-11;1-4-8-7-10-9(5-2,6-3)11-8/h5,10-11H,1,6-9H2,2-4H3;5,9-10H,1,6-8H2,2-4H3;6,10H,3-5,7-9H2,1-2H3;4,8H,1,5-7H2,2-3H3. The van der Waals surface area contributed by atoms with Crippen LogP contribution >= 0.6 is 0 Å². The topological polar surface area (TPSA) is 73.8 Å². The Morgan fingerprint density at radius 1 is 0.510 bits per heavy atom. The predicted octanol–water partition coefficient (Wildman–Crippen LogP) is 10.9. The van der Waals surface area contributed by atoms with Gasteiger partial charge in [0.15, 0.2) is 23.1 Å². The first-order valence-electron chi connectivity index (χ1n) is 19.9. The van der Waals surface area contributed by atoms with Crippen molar-refractivity contribution in [3.63, 3.8) is 0 Å². The summed E-state index contributed by atoms with van der Waals surface area (Å²) in [5.74, 6) is 0.0972. The van der Waals surface area contributed by atoms with Gasteiger partial charge >= 0.3 is 0 Å². The van der Waals surface area contributed by atoms with Crippen LogP contribution < -0.4 is 0 Å². The van der Waals surface area contributed by atoms with Crippen LogP contribution in [0, 0.1) is 11.8 Å². The zero-order valence-electron chi connectivity index (χ0n) is 34.5. The van der Waals surface area contributed by atoms with Gasteiger partial charge in [0.1, 0.15) is 24.4 Å². The summed E-state index contributed by atoms with van der Waals surface area (Å²) in [6.45, 7) is 38.9. The fraction of sp³-hybridized carbons (Fsp3) is 0.814. The molecular weight excluding hydrogens is 644 g/mol. The molecule has 298 valence electrons. The van der Waals surface area contributed by atoms with Crippen molar-refractivity contribution >= 4 is 0 Å². The van der Waals surface area contributed by atoms with Crippen LogP contribution in [0.1, 0.15) is 140 Å². The maximum Gasteiger partial charge on any atom is 0.169 e. The second-order valence-electron chi connectivity index (χ2n) is 15.3. The fourth-order valence-electron chi connectivity index (χ4n) is 6.33. The van der Waals surface area contributed by atoms with Crippen LogP contribution in [0.2, 0.25) is 0 Å². The third-order valence-corrected chi connectivity index (χ3v) is 9.64. The summed E-state index contributed by atoms with van der Waals surface area (Å²) in [6, 6.07) is 0. The molecule has 0 spiro atoms. The molecule has 4 aliphatic rings. The van der Waals surface area contributed by atoms with Crippen LogP contribution in [0.5, 0.6) is 0 Å². The molecule has 8 heteroatoms. The second kappa shape index (κ2) is 24.1.